The van der Waals surface area contributed by atoms with Crippen LogP contribution in [-0.4, -0.2) is 39.3 Å². The van der Waals surface area contributed by atoms with Crippen LogP contribution < -0.4 is 20.5 Å². The largest absolute Gasteiger partial charge is 0.573 e. The lowest BCUT2D eigenvalue weighted by molar-refractivity contribution is -0.274. The van der Waals surface area contributed by atoms with Crippen molar-refractivity contribution >= 4 is 28.3 Å². The normalized spacial score (nSPS) is 16.8. The minimum atomic E-state index is -4.87. The molecule has 0 heterocycles. The molecule has 1 unspecified atom stereocenters. The van der Waals surface area contributed by atoms with Gasteiger partial charge in [0.05, 0.1) is 17.0 Å². The number of nitrogens with one attached hydrogen (secondary N) is 2. The standard InChI is InChI=1S/C15H20F3N3O4S.ClH/c1-14(9-19,10-2-3-10)21-13(22)8-20-26(23,24)12-6-4-11(5-7-12)25-15(16,17)18;/h4-7,10,20H,2-3,8-9,19H2,1H3,(H,21,22);1H. The summed E-state index contributed by atoms with van der Waals surface area (Å²) in [6.45, 7) is 1.53. The molecule has 0 radical (unpaired) electrons. The minimum absolute atomic E-state index is 0. The Balaban J connectivity index is 0.00000364. The number of sulfonamides is 1. The summed E-state index contributed by atoms with van der Waals surface area (Å²) in [5.74, 6) is -0.808. The Bertz CT molecular complexity index is 755. The summed E-state index contributed by atoms with van der Waals surface area (Å²) in [4.78, 5) is 11.7. The Labute approximate surface area is 161 Å². The molecule has 0 aliphatic heterocycles. The number of nitrogens with two attached hydrogens (primary N) is 1. The highest BCUT2D eigenvalue weighted by Gasteiger charge is 2.41. The number of benzene rings is 1. The lowest BCUT2D eigenvalue weighted by Gasteiger charge is -2.29. The Kier molecular flexibility index (Phi) is 7.51. The van der Waals surface area contributed by atoms with E-state index in [4.69, 9.17) is 5.73 Å². The molecule has 1 aliphatic rings. The first-order valence-corrected chi connectivity index (χ1v) is 9.30. The van der Waals surface area contributed by atoms with E-state index in [0.717, 1.165) is 37.1 Å². The molecule has 12 heteroatoms. The van der Waals surface area contributed by atoms with Crippen LogP contribution in [0.2, 0.25) is 0 Å². The van der Waals surface area contributed by atoms with Gasteiger partial charge in [-0.25, -0.2) is 13.1 Å². The molecule has 0 bridgehead atoms. The summed E-state index contributed by atoms with van der Waals surface area (Å²) in [5, 5.41) is 2.73. The van der Waals surface area contributed by atoms with Gasteiger partial charge in [0, 0.05) is 6.54 Å². The number of amides is 1. The van der Waals surface area contributed by atoms with E-state index in [-0.39, 0.29) is 29.8 Å². The van der Waals surface area contributed by atoms with Crippen molar-refractivity contribution in [3.63, 3.8) is 0 Å². The van der Waals surface area contributed by atoms with E-state index in [2.05, 4.69) is 14.8 Å². The van der Waals surface area contributed by atoms with Crippen molar-refractivity contribution < 1.29 is 31.1 Å². The van der Waals surface area contributed by atoms with Crippen LogP contribution in [0.4, 0.5) is 13.2 Å². The van der Waals surface area contributed by atoms with Crippen LogP contribution in [0.15, 0.2) is 29.2 Å². The van der Waals surface area contributed by atoms with E-state index >= 15 is 0 Å². The third-order valence-corrected chi connectivity index (χ3v) is 5.53. The van der Waals surface area contributed by atoms with Gasteiger partial charge in [-0.1, -0.05) is 0 Å². The first kappa shape index (κ1) is 23.5. The van der Waals surface area contributed by atoms with Gasteiger partial charge in [0.2, 0.25) is 15.9 Å². The summed E-state index contributed by atoms with van der Waals surface area (Å²) in [6.07, 6.45) is -2.97. The van der Waals surface area contributed by atoms with Crippen LogP contribution in [0.5, 0.6) is 5.75 Å². The average Bonchev–Trinajstić information content (AvgIpc) is 3.37. The second-order valence-corrected chi connectivity index (χ2v) is 8.05. The fourth-order valence-corrected chi connectivity index (χ4v) is 3.45. The molecule has 1 amide bonds. The van der Waals surface area contributed by atoms with Crippen LogP contribution in [0, 0.1) is 5.92 Å². The molecular weight excluding hydrogens is 411 g/mol. The molecule has 1 fully saturated rings. The van der Waals surface area contributed by atoms with Gasteiger partial charge in [0.1, 0.15) is 5.75 Å². The number of halogens is 4. The second kappa shape index (κ2) is 8.63. The zero-order chi connectivity index (χ0) is 19.6. The summed E-state index contributed by atoms with van der Waals surface area (Å²) in [7, 11) is -4.06. The molecule has 1 saturated carbocycles. The first-order valence-electron chi connectivity index (χ1n) is 7.82. The van der Waals surface area contributed by atoms with Crippen molar-refractivity contribution in [3.05, 3.63) is 24.3 Å². The Morgan fingerprint density at radius 2 is 1.81 bits per heavy atom. The predicted molar refractivity (Wildman–Crippen MR) is 93.9 cm³/mol. The molecule has 4 N–H and O–H groups in total. The Hall–Kier alpha value is -1.56. The highest BCUT2D eigenvalue weighted by Crippen LogP contribution is 2.38. The maximum absolute atomic E-state index is 12.1. The first-order chi connectivity index (χ1) is 12.0. The number of carbonyl (C=O) groups is 1. The zero-order valence-corrected chi connectivity index (χ0v) is 16.0. The second-order valence-electron chi connectivity index (χ2n) is 6.29. The maximum Gasteiger partial charge on any atom is 0.573 e. The van der Waals surface area contributed by atoms with Crippen molar-refractivity contribution in [2.24, 2.45) is 11.7 Å². The highest BCUT2D eigenvalue weighted by molar-refractivity contribution is 7.89. The number of ether oxygens (including phenoxy) is 1. The molecule has 0 spiro atoms. The zero-order valence-electron chi connectivity index (χ0n) is 14.4. The lowest BCUT2D eigenvalue weighted by atomic mass is 9.96. The number of hydrogen-bond donors (Lipinski definition) is 3. The number of hydrogen-bond acceptors (Lipinski definition) is 5. The van der Waals surface area contributed by atoms with Gasteiger partial charge in [-0.2, -0.15) is 0 Å². The van der Waals surface area contributed by atoms with Gasteiger partial charge in [-0.15, -0.1) is 25.6 Å². The topological polar surface area (TPSA) is 111 Å². The third kappa shape index (κ3) is 6.83. The molecule has 1 atom stereocenters. The summed E-state index contributed by atoms with van der Waals surface area (Å²) in [6, 6.07) is 3.66. The van der Waals surface area contributed by atoms with E-state index in [9.17, 15) is 26.4 Å². The molecule has 1 aromatic rings. The van der Waals surface area contributed by atoms with Crippen LogP contribution in [0.1, 0.15) is 19.8 Å². The van der Waals surface area contributed by atoms with Gasteiger partial charge in [0.15, 0.2) is 0 Å². The fourth-order valence-electron chi connectivity index (χ4n) is 2.47. The fraction of sp³-hybridized carbons (Fsp3) is 0.533. The van der Waals surface area contributed by atoms with E-state index < -0.39 is 40.1 Å². The molecule has 0 aromatic heterocycles. The summed E-state index contributed by atoms with van der Waals surface area (Å²) in [5.41, 5.74) is 5.10. The molecular formula is C15H21ClF3N3O4S. The molecule has 1 aliphatic carbocycles. The quantitative estimate of drug-likeness (QED) is 0.578. The van der Waals surface area contributed by atoms with Crippen molar-refractivity contribution in [2.75, 3.05) is 13.1 Å². The molecule has 154 valence electrons. The minimum Gasteiger partial charge on any atom is -0.406 e. The number of carbonyl (C=O) groups excluding carboxylic acids is 1. The average molecular weight is 432 g/mol. The van der Waals surface area contributed by atoms with E-state index in [0.29, 0.717) is 0 Å². The monoisotopic (exact) mass is 431 g/mol. The summed E-state index contributed by atoms with van der Waals surface area (Å²) >= 11 is 0. The smallest absolute Gasteiger partial charge is 0.406 e. The van der Waals surface area contributed by atoms with Gasteiger partial charge < -0.3 is 15.8 Å². The number of rotatable bonds is 8. The van der Waals surface area contributed by atoms with E-state index in [1.807, 2.05) is 0 Å². The predicted octanol–water partition coefficient (Wildman–Crippen LogP) is 1.53. The molecule has 0 saturated heterocycles. The van der Waals surface area contributed by atoms with E-state index in [1.165, 1.54) is 0 Å². The lowest BCUT2D eigenvalue weighted by Crippen LogP contribution is -2.55. The number of alkyl halides is 3. The van der Waals surface area contributed by atoms with Crippen molar-refractivity contribution in [1.29, 1.82) is 0 Å². The van der Waals surface area contributed by atoms with Gasteiger partial charge in [0.25, 0.3) is 0 Å². The Morgan fingerprint density at radius 3 is 2.26 bits per heavy atom. The SMILES string of the molecule is CC(CN)(NC(=O)CNS(=O)(=O)c1ccc(OC(F)(F)F)cc1)C1CC1.Cl. The van der Waals surface area contributed by atoms with Gasteiger partial charge in [-0.3, -0.25) is 4.79 Å². The van der Waals surface area contributed by atoms with Crippen LogP contribution in [0.3, 0.4) is 0 Å². The molecule has 27 heavy (non-hydrogen) atoms. The molecule has 1 aromatic carbocycles. The van der Waals surface area contributed by atoms with Crippen molar-refractivity contribution in [3.8, 4) is 5.75 Å². The Morgan fingerprint density at radius 1 is 1.26 bits per heavy atom. The van der Waals surface area contributed by atoms with Crippen LogP contribution >= 0.6 is 12.4 Å². The maximum atomic E-state index is 12.1. The van der Waals surface area contributed by atoms with Crippen LogP contribution in [-0.2, 0) is 14.8 Å². The summed E-state index contributed by atoms with van der Waals surface area (Å²) < 4.78 is 66.4. The van der Waals surface area contributed by atoms with Gasteiger partial charge in [-0.05, 0) is 49.9 Å². The third-order valence-electron chi connectivity index (χ3n) is 4.12. The highest BCUT2D eigenvalue weighted by atomic mass is 35.5. The van der Waals surface area contributed by atoms with E-state index in [1.54, 1.807) is 6.92 Å². The van der Waals surface area contributed by atoms with Gasteiger partial charge >= 0.3 is 6.36 Å². The van der Waals surface area contributed by atoms with Crippen LogP contribution in [0.25, 0.3) is 0 Å². The molecule has 2 rings (SSSR count). The van der Waals surface area contributed by atoms with Crippen molar-refractivity contribution in [2.45, 2.75) is 36.6 Å². The van der Waals surface area contributed by atoms with Crippen molar-refractivity contribution in [1.82, 2.24) is 10.0 Å². The molecule has 7 nitrogen and oxygen atoms in total.